The zero-order valence-corrected chi connectivity index (χ0v) is 14.5. The zero-order chi connectivity index (χ0) is 13.8. The van der Waals surface area contributed by atoms with Crippen LogP contribution in [-0.4, -0.2) is 15.2 Å². The summed E-state index contributed by atoms with van der Waals surface area (Å²) in [6.07, 6.45) is 0. The van der Waals surface area contributed by atoms with Crippen LogP contribution in [0.25, 0.3) is 11.3 Å². The Morgan fingerprint density at radius 1 is 1.21 bits per heavy atom. The van der Waals surface area contributed by atoms with Crippen LogP contribution in [-0.2, 0) is 5.75 Å². The highest BCUT2D eigenvalue weighted by Gasteiger charge is 2.12. The second-order valence-electron chi connectivity index (χ2n) is 4.32. The molecule has 0 aliphatic carbocycles. The monoisotopic (exact) mass is 404 g/mol. The molecular weight excluding hydrogens is 391 g/mol. The van der Waals surface area contributed by atoms with Crippen molar-refractivity contribution >= 4 is 46.0 Å². The van der Waals surface area contributed by atoms with Crippen LogP contribution in [0.15, 0.2) is 30.3 Å². The molecule has 0 fully saturated rings. The maximum absolute atomic E-state index is 6.22. The molecule has 1 aromatic heterocycles. The maximum atomic E-state index is 6.22. The van der Waals surface area contributed by atoms with Gasteiger partial charge < -0.3 is 0 Å². The Morgan fingerprint density at radius 3 is 2.53 bits per heavy atom. The molecule has 0 aliphatic heterocycles. The number of rotatable bonds is 4. The van der Waals surface area contributed by atoms with Crippen LogP contribution >= 0.6 is 46.0 Å². The molecule has 2 rings (SSSR count). The lowest BCUT2D eigenvalue weighted by Crippen LogP contribution is -2.01. The summed E-state index contributed by atoms with van der Waals surface area (Å²) < 4.78 is 0.906. The number of hydrogen-bond acceptors (Lipinski definition) is 3. The molecule has 0 bridgehead atoms. The van der Waals surface area contributed by atoms with E-state index in [1.807, 2.05) is 42.1 Å². The summed E-state index contributed by atoms with van der Waals surface area (Å²) in [6.45, 7) is 4.33. The average molecular weight is 405 g/mol. The lowest BCUT2D eigenvalue weighted by molar-refractivity contribution is 1.02. The van der Waals surface area contributed by atoms with Gasteiger partial charge in [0.1, 0.15) is 11.0 Å². The van der Waals surface area contributed by atoms with Crippen molar-refractivity contribution in [1.29, 1.82) is 0 Å². The number of halogens is 2. The van der Waals surface area contributed by atoms with E-state index in [-0.39, 0.29) is 0 Å². The molecule has 0 atom stereocenters. The summed E-state index contributed by atoms with van der Waals surface area (Å²) in [4.78, 5) is 9.01. The molecule has 0 amide bonds. The van der Waals surface area contributed by atoms with Crippen molar-refractivity contribution in [3.05, 3.63) is 44.9 Å². The first-order valence-electron chi connectivity index (χ1n) is 5.97. The van der Waals surface area contributed by atoms with Crippen molar-refractivity contribution in [2.75, 3.05) is 0 Å². The van der Waals surface area contributed by atoms with Gasteiger partial charge in [0.25, 0.3) is 0 Å². The maximum Gasteiger partial charge on any atom is 0.146 e. The van der Waals surface area contributed by atoms with E-state index in [1.54, 1.807) is 0 Å². The van der Waals surface area contributed by atoms with E-state index in [9.17, 15) is 0 Å². The summed E-state index contributed by atoms with van der Waals surface area (Å²) >= 11 is 10.2. The molecule has 19 heavy (non-hydrogen) atoms. The van der Waals surface area contributed by atoms with Crippen LogP contribution in [0, 0.1) is 3.57 Å². The highest BCUT2D eigenvalue weighted by atomic mass is 127. The summed E-state index contributed by atoms with van der Waals surface area (Å²) in [5, 5.41) is 1.09. The van der Waals surface area contributed by atoms with Crippen LogP contribution in [0.5, 0.6) is 0 Å². The van der Waals surface area contributed by atoms with Gasteiger partial charge in [0.05, 0.1) is 15.0 Å². The molecule has 0 aliphatic rings. The highest BCUT2D eigenvalue weighted by molar-refractivity contribution is 14.1. The Balaban J connectivity index is 2.38. The average Bonchev–Trinajstić information content (AvgIpc) is 2.41. The Labute approximate surface area is 136 Å². The van der Waals surface area contributed by atoms with Crippen molar-refractivity contribution in [3.63, 3.8) is 0 Å². The standard InChI is InChI=1S/C14H14ClIN2S/c1-9(2)19-8-11-17-13(12(16)14(15)18-11)10-6-4-3-5-7-10/h3-7,9H,8H2,1-2H3. The number of nitrogens with zero attached hydrogens (tertiary/aromatic N) is 2. The van der Waals surface area contributed by atoms with Crippen molar-refractivity contribution in [1.82, 2.24) is 9.97 Å². The molecular formula is C14H14ClIN2S. The molecule has 0 saturated carbocycles. The zero-order valence-electron chi connectivity index (χ0n) is 10.7. The molecule has 5 heteroatoms. The molecule has 0 unspecified atom stereocenters. The first kappa shape index (κ1) is 15.1. The van der Waals surface area contributed by atoms with Crippen molar-refractivity contribution in [2.24, 2.45) is 0 Å². The molecule has 0 saturated heterocycles. The van der Waals surface area contributed by atoms with Crippen molar-refractivity contribution in [2.45, 2.75) is 24.9 Å². The topological polar surface area (TPSA) is 25.8 Å². The molecule has 0 radical (unpaired) electrons. The van der Waals surface area contributed by atoms with Crippen LogP contribution in [0.3, 0.4) is 0 Å². The fourth-order valence-corrected chi connectivity index (χ4v) is 2.91. The summed E-state index contributed by atoms with van der Waals surface area (Å²) in [6, 6.07) is 10.1. The minimum Gasteiger partial charge on any atom is -0.231 e. The third kappa shape index (κ3) is 4.07. The second kappa shape index (κ2) is 6.90. The largest absolute Gasteiger partial charge is 0.231 e. The molecule has 0 N–H and O–H groups in total. The quantitative estimate of drug-likeness (QED) is 0.527. The minimum absolute atomic E-state index is 0.536. The Hall–Kier alpha value is -0.330. The van der Waals surface area contributed by atoms with Gasteiger partial charge in [-0.1, -0.05) is 55.8 Å². The molecule has 1 heterocycles. The predicted molar refractivity (Wildman–Crippen MR) is 91.6 cm³/mol. The fraction of sp³-hybridized carbons (Fsp3) is 0.286. The normalized spacial score (nSPS) is 11.0. The number of thioether (sulfide) groups is 1. The van der Waals surface area contributed by atoms with Gasteiger partial charge in [-0.3, -0.25) is 0 Å². The van der Waals surface area contributed by atoms with E-state index in [4.69, 9.17) is 11.6 Å². The molecule has 1 aromatic carbocycles. The van der Waals surface area contributed by atoms with Crippen molar-refractivity contribution in [3.8, 4) is 11.3 Å². The molecule has 2 nitrogen and oxygen atoms in total. The van der Waals surface area contributed by atoms with Gasteiger partial charge in [0.15, 0.2) is 0 Å². The fourth-order valence-electron chi connectivity index (χ4n) is 1.56. The van der Waals surface area contributed by atoms with Crippen LogP contribution in [0.4, 0.5) is 0 Å². The Kier molecular flexibility index (Phi) is 5.47. The minimum atomic E-state index is 0.536. The SMILES string of the molecule is CC(C)SCc1nc(Cl)c(I)c(-c2ccccc2)n1. The third-order valence-corrected chi connectivity index (χ3v) is 5.16. The van der Waals surface area contributed by atoms with Gasteiger partial charge in [-0.15, -0.1) is 0 Å². The van der Waals surface area contributed by atoms with E-state index in [0.29, 0.717) is 10.4 Å². The van der Waals surface area contributed by atoms with Gasteiger partial charge in [-0.25, -0.2) is 9.97 Å². The van der Waals surface area contributed by atoms with Gasteiger partial charge in [0, 0.05) is 5.56 Å². The number of hydrogen-bond donors (Lipinski definition) is 0. The van der Waals surface area contributed by atoms with Gasteiger partial charge in [-0.2, -0.15) is 11.8 Å². The van der Waals surface area contributed by atoms with Crippen LogP contribution in [0.1, 0.15) is 19.7 Å². The third-order valence-electron chi connectivity index (χ3n) is 2.45. The van der Waals surface area contributed by atoms with E-state index in [2.05, 4.69) is 46.4 Å². The van der Waals surface area contributed by atoms with Crippen LogP contribution in [0.2, 0.25) is 5.15 Å². The van der Waals surface area contributed by atoms with Gasteiger partial charge in [0.2, 0.25) is 0 Å². The molecule has 0 spiro atoms. The second-order valence-corrected chi connectivity index (χ2v) is 7.32. The smallest absolute Gasteiger partial charge is 0.146 e. The highest BCUT2D eigenvalue weighted by Crippen LogP contribution is 2.28. The van der Waals surface area contributed by atoms with Crippen molar-refractivity contribution < 1.29 is 0 Å². The predicted octanol–water partition coefficient (Wildman–Crippen LogP) is 5.04. The molecule has 2 aromatic rings. The van der Waals surface area contributed by atoms with E-state index in [1.165, 1.54) is 0 Å². The van der Waals surface area contributed by atoms with Gasteiger partial charge >= 0.3 is 0 Å². The molecule has 100 valence electrons. The first-order chi connectivity index (χ1) is 9.08. The van der Waals surface area contributed by atoms with E-state index < -0.39 is 0 Å². The summed E-state index contributed by atoms with van der Waals surface area (Å²) in [5.41, 5.74) is 1.99. The lowest BCUT2D eigenvalue weighted by atomic mass is 10.1. The van der Waals surface area contributed by atoms with Gasteiger partial charge in [-0.05, 0) is 27.8 Å². The van der Waals surface area contributed by atoms with E-state index in [0.717, 1.165) is 26.4 Å². The summed E-state index contributed by atoms with van der Waals surface area (Å²) in [5.74, 6) is 1.58. The lowest BCUT2D eigenvalue weighted by Gasteiger charge is -2.09. The van der Waals surface area contributed by atoms with E-state index >= 15 is 0 Å². The van der Waals surface area contributed by atoms with Crippen LogP contribution < -0.4 is 0 Å². The summed E-state index contributed by atoms with van der Waals surface area (Å²) in [7, 11) is 0. The number of benzene rings is 1. The number of aromatic nitrogens is 2. The Bertz CT molecular complexity index is 561. The first-order valence-corrected chi connectivity index (χ1v) is 8.47. The Morgan fingerprint density at radius 2 is 1.89 bits per heavy atom.